The molecule has 7 heteroatoms. The summed E-state index contributed by atoms with van der Waals surface area (Å²) in [5.41, 5.74) is 6.72. The van der Waals surface area contributed by atoms with Gasteiger partial charge in [0.15, 0.2) is 5.13 Å². The molecule has 0 atom stereocenters. The molecule has 0 fully saturated rings. The molecule has 0 aliphatic rings. The predicted molar refractivity (Wildman–Crippen MR) is 81.5 cm³/mol. The first-order valence-electron chi connectivity index (χ1n) is 6.00. The van der Waals surface area contributed by atoms with Crippen molar-refractivity contribution < 1.29 is 9.53 Å². The van der Waals surface area contributed by atoms with E-state index in [4.69, 9.17) is 22.1 Å². The van der Waals surface area contributed by atoms with Gasteiger partial charge in [-0.15, -0.1) is 11.3 Å². The molecule has 1 heterocycles. The highest BCUT2D eigenvalue weighted by atomic mass is 35.5. The molecular weight excluding hydrogens is 298 g/mol. The van der Waals surface area contributed by atoms with Gasteiger partial charge in [0.1, 0.15) is 5.75 Å². The van der Waals surface area contributed by atoms with Crippen LogP contribution in [0.4, 0.5) is 10.8 Å². The Morgan fingerprint density at radius 2 is 2.35 bits per heavy atom. The zero-order valence-electron chi connectivity index (χ0n) is 10.9. The standard InChI is InChI=1S/C13H14ClN3O2S/c1-2-19-11-4-3-8(14)5-10(11)17-12(18)6-9-7-20-13(15)16-9/h3-5,7H,2,6H2,1H3,(H2,15,16)(H,17,18). The lowest BCUT2D eigenvalue weighted by atomic mass is 10.2. The molecule has 2 aromatic rings. The van der Waals surface area contributed by atoms with Gasteiger partial charge in [-0.2, -0.15) is 0 Å². The number of carbonyl (C=O) groups is 1. The molecule has 0 saturated heterocycles. The second-order valence-corrected chi connectivity index (χ2v) is 5.30. The van der Waals surface area contributed by atoms with Crippen LogP contribution in [0.25, 0.3) is 0 Å². The van der Waals surface area contributed by atoms with Gasteiger partial charge >= 0.3 is 0 Å². The quantitative estimate of drug-likeness (QED) is 0.890. The predicted octanol–water partition coefficient (Wildman–Crippen LogP) is 2.96. The molecule has 106 valence electrons. The number of ether oxygens (including phenoxy) is 1. The Morgan fingerprint density at radius 3 is 3.00 bits per heavy atom. The van der Waals surface area contributed by atoms with Crippen LogP contribution < -0.4 is 15.8 Å². The Hall–Kier alpha value is -1.79. The third-order valence-corrected chi connectivity index (χ3v) is 3.38. The van der Waals surface area contributed by atoms with Crippen LogP contribution in [-0.4, -0.2) is 17.5 Å². The zero-order valence-corrected chi connectivity index (χ0v) is 12.4. The van der Waals surface area contributed by atoms with Gasteiger partial charge in [0.05, 0.1) is 24.4 Å². The number of thiazole rings is 1. The molecule has 0 aliphatic heterocycles. The Labute approximate surface area is 125 Å². The number of anilines is 2. The average molecular weight is 312 g/mol. The van der Waals surface area contributed by atoms with E-state index < -0.39 is 0 Å². The van der Waals surface area contributed by atoms with Crippen molar-refractivity contribution in [3.63, 3.8) is 0 Å². The van der Waals surface area contributed by atoms with Gasteiger partial charge in [-0.25, -0.2) is 4.98 Å². The van der Waals surface area contributed by atoms with E-state index in [1.165, 1.54) is 11.3 Å². The fourth-order valence-corrected chi connectivity index (χ4v) is 2.38. The summed E-state index contributed by atoms with van der Waals surface area (Å²) in [6, 6.07) is 5.09. The second-order valence-electron chi connectivity index (χ2n) is 3.98. The highest BCUT2D eigenvalue weighted by Crippen LogP contribution is 2.28. The summed E-state index contributed by atoms with van der Waals surface area (Å²) in [5, 5.41) is 5.51. The summed E-state index contributed by atoms with van der Waals surface area (Å²) in [5.74, 6) is 0.390. The van der Waals surface area contributed by atoms with Gasteiger partial charge < -0.3 is 15.8 Å². The van der Waals surface area contributed by atoms with Gasteiger partial charge in [0.2, 0.25) is 5.91 Å². The van der Waals surface area contributed by atoms with Crippen molar-refractivity contribution in [2.45, 2.75) is 13.3 Å². The van der Waals surface area contributed by atoms with E-state index in [1.54, 1.807) is 23.6 Å². The maximum atomic E-state index is 12.0. The van der Waals surface area contributed by atoms with Crippen LogP contribution in [0.5, 0.6) is 5.75 Å². The van der Waals surface area contributed by atoms with Gasteiger partial charge in [0.25, 0.3) is 0 Å². The minimum atomic E-state index is -0.196. The molecule has 0 unspecified atom stereocenters. The zero-order chi connectivity index (χ0) is 14.5. The third-order valence-electron chi connectivity index (χ3n) is 2.43. The molecule has 0 bridgehead atoms. The van der Waals surface area contributed by atoms with Gasteiger partial charge in [-0.3, -0.25) is 4.79 Å². The van der Waals surface area contributed by atoms with Crippen LogP contribution in [0.2, 0.25) is 5.02 Å². The number of hydrogen-bond donors (Lipinski definition) is 2. The van der Waals surface area contributed by atoms with Gasteiger partial charge in [-0.1, -0.05) is 11.6 Å². The SMILES string of the molecule is CCOc1ccc(Cl)cc1NC(=O)Cc1csc(N)n1. The number of halogens is 1. The molecule has 0 aliphatic carbocycles. The maximum Gasteiger partial charge on any atom is 0.230 e. The van der Waals surface area contributed by atoms with Crippen molar-refractivity contribution in [2.75, 3.05) is 17.7 Å². The number of benzene rings is 1. The van der Waals surface area contributed by atoms with Crippen LogP contribution >= 0.6 is 22.9 Å². The third kappa shape index (κ3) is 3.85. The molecule has 0 radical (unpaired) electrons. The van der Waals surface area contributed by atoms with E-state index in [0.29, 0.717) is 33.9 Å². The lowest BCUT2D eigenvalue weighted by molar-refractivity contribution is -0.115. The summed E-state index contributed by atoms with van der Waals surface area (Å²) in [6.45, 7) is 2.38. The van der Waals surface area contributed by atoms with Crippen molar-refractivity contribution >= 4 is 39.7 Å². The lowest BCUT2D eigenvalue weighted by Crippen LogP contribution is -2.15. The number of nitrogens with two attached hydrogens (primary N) is 1. The molecule has 1 amide bonds. The minimum absolute atomic E-state index is 0.159. The summed E-state index contributed by atoms with van der Waals surface area (Å²) in [4.78, 5) is 16.0. The van der Waals surface area contributed by atoms with Crippen molar-refractivity contribution in [1.82, 2.24) is 4.98 Å². The van der Waals surface area contributed by atoms with E-state index in [1.807, 2.05) is 6.92 Å². The Bertz CT molecular complexity index is 615. The first-order chi connectivity index (χ1) is 9.58. The molecule has 20 heavy (non-hydrogen) atoms. The van der Waals surface area contributed by atoms with Gasteiger partial charge in [-0.05, 0) is 25.1 Å². The topological polar surface area (TPSA) is 77.2 Å². The van der Waals surface area contributed by atoms with E-state index in [2.05, 4.69) is 10.3 Å². The molecule has 0 spiro atoms. The van der Waals surface area contributed by atoms with E-state index in [0.717, 1.165) is 0 Å². The summed E-state index contributed by atoms with van der Waals surface area (Å²) >= 11 is 7.24. The van der Waals surface area contributed by atoms with E-state index >= 15 is 0 Å². The number of nitrogen functional groups attached to an aromatic ring is 1. The normalized spacial score (nSPS) is 10.3. The number of hydrogen-bond acceptors (Lipinski definition) is 5. The van der Waals surface area contributed by atoms with Crippen molar-refractivity contribution in [3.05, 3.63) is 34.3 Å². The Morgan fingerprint density at radius 1 is 1.55 bits per heavy atom. The molecule has 1 aromatic heterocycles. The highest BCUT2D eigenvalue weighted by Gasteiger charge is 2.11. The maximum absolute atomic E-state index is 12.0. The Kier molecular flexibility index (Phi) is 4.81. The van der Waals surface area contributed by atoms with E-state index in [-0.39, 0.29) is 12.3 Å². The number of carbonyl (C=O) groups excluding carboxylic acids is 1. The smallest absolute Gasteiger partial charge is 0.230 e. The number of nitrogens with one attached hydrogen (secondary N) is 1. The monoisotopic (exact) mass is 311 g/mol. The van der Waals surface area contributed by atoms with Crippen molar-refractivity contribution in [3.8, 4) is 5.75 Å². The largest absolute Gasteiger partial charge is 0.492 e. The highest BCUT2D eigenvalue weighted by molar-refractivity contribution is 7.13. The fourth-order valence-electron chi connectivity index (χ4n) is 1.64. The van der Waals surface area contributed by atoms with Crippen LogP contribution in [0, 0.1) is 0 Å². The van der Waals surface area contributed by atoms with Crippen LogP contribution in [-0.2, 0) is 11.2 Å². The number of rotatable bonds is 5. The number of amides is 1. The number of aromatic nitrogens is 1. The lowest BCUT2D eigenvalue weighted by Gasteiger charge is -2.11. The number of nitrogens with zero attached hydrogens (tertiary/aromatic N) is 1. The van der Waals surface area contributed by atoms with E-state index in [9.17, 15) is 4.79 Å². The van der Waals surface area contributed by atoms with Crippen molar-refractivity contribution in [1.29, 1.82) is 0 Å². The second kappa shape index (κ2) is 6.58. The summed E-state index contributed by atoms with van der Waals surface area (Å²) in [7, 11) is 0. The average Bonchev–Trinajstić information content (AvgIpc) is 2.78. The molecular formula is C13H14ClN3O2S. The summed E-state index contributed by atoms with van der Waals surface area (Å²) < 4.78 is 5.44. The van der Waals surface area contributed by atoms with Crippen LogP contribution in [0.1, 0.15) is 12.6 Å². The molecule has 3 N–H and O–H groups in total. The van der Waals surface area contributed by atoms with Gasteiger partial charge in [0, 0.05) is 10.4 Å². The molecule has 1 aromatic carbocycles. The first-order valence-corrected chi connectivity index (χ1v) is 7.26. The molecule has 0 saturated carbocycles. The molecule has 2 rings (SSSR count). The first kappa shape index (κ1) is 14.6. The fraction of sp³-hybridized carbons (Fsp3) is 0.231. The summed E-state index contributed by atoms with van der Waals surface area (Å²) in [6.07, 6.45) is 0.159. The van der Waals surface area contributed by atoms with Crippen LogP contribution in [0.3, 0.4) is 0 Å². The minimum Gasteiger partial charge on any atom is -0.492 e. The van der Waals surface area contributed by atoms with Crippen molar-refractivity contribution in [2.24, 2.45) is 0 Å². The molecule has 5 nitrogen and oxygen atoms in total. The van der Waals surface area contributed by atoms with Crippen LogP contribution in [0.15, 0.2) is 23.6 Å². The Balaban J connectivity index is 2.08.